The molecule has 2 aliphatic rings. The van der Waals surface area contributed by atoms with Crippen molar-refractivity contribution in [3.8, 4) is 0 Å². The fourth-order valence-corrected chi connectivity index (χ4v) is 2.68. The summed E-state index contributed by atoms with van der Waals surface area (Å²) in [6.07, 6.45) is 6.55. The summed E-state index contributed by atoms with van der Waals surface area (Å²) >= 11 is 0. The second kappa shape index (κ2) is 5.99. The number of hydrogen-bond donors (Lipinski definition) is 1. The molecule has 1 unspecified atom stereocenters. The molecule has 16 heavy (non-hydrogen) atoms. The molecule has 1 aliphatic heterocycles. The van der Waals surface area contributed by atoms with Crippen molar-refractivity contribution in [2.75, 3.05) is 33.0 Å². The van der Waals surface area contributed by atoms with Crippen LogP contribution in [0.2, 0.25) is 0 Å². The van der Waals surface area contributed by atoms with Gasteiger partial charge in [-0.2, -0.15) is 0 Å². The molecule has 1 heterocycles. The first kappa shape index (κ1) is 12.3. The molecule has 3 nitrogen and oxygen atoms in total. The highest BCUT2D eigenvalue weighted by molar-refractivity contribution is 4.90. The van der Waals surface area contributed by atoms with Gasteiger partial charge in [0.2, 0.25) is 0 Å². The zero-order chi connectivity index (χ0) is 11.3. The van der Waals surface area contributed by atoms with Crippen molar-refractivity contribution in [3.05, 3.63) is 0 Å². The summed E-state index contributed by atoms with van der Waals surface area (Å²) in [6.45, 7) is 6.85. The summed E-state index contributed by atoms with van der Waals surface area (Å²) in [6, 6.07) is 0.601. The van der Waals surface area contributed by atoms with E-state index in [4.69, 9.17) is 9.47 Å². The maximum absolute atomic E-state index is 5.48. The summed E-state index contributed by atoms with van der Waals surface area (Å²) in [7, 11) is 0. The first-order valence-corrected chi connectivity index (χ1v) is 6.73. The highest BCUT2D eigenvalue weighted by Crippen LogP contribution is 2.43. The number of hydrogen-bond acceptors (Lipinski definition) is 3. The van der Waals surface area contributed by atoms with Crippen molar-refractivity contribution < 1.29 is 9.47 Å². The van der Waals surface area contributed by atoms with Gasteiger partial charge in [0, 0.05) is 32.4 Å². The molecule has 0 bridgehead atoms. The second-order valence-electron chi connectivity index (χ2n) is 5.24. The van der Waals surface area contributed by atoms with Crippen LogP contribution in [0.4, 0.5) is 0 Å². The average molecular weight is 227 g/mol. The van der Waals surface area contributed by atoms with Crippen LogP contribution in [0.5, 0.6) is 0 Å². The minimum Gasteiger partial charge on any atom is -0.382 e. The van der Waals surface area contributed by atoms with Crippen molar-refractivity contribution in [1.29, 1.82) is 0 Å². The SMILES string of the molecule is CCOCCC1(CNC2CCOC2)CCC1. The number of rotatable bonds is 7. The van der Waals surface area contributed by atoms with Gasteiger partial charge in [0.15, 0.2) is 0 Å². The van der Waals surface area contributed by atoms with Gasteiger partial charge in [0.1, 0.15) is 0 Å². The third kappa shape index (κ3) is 3.19. The first-order valence-electron chi connectivity index (χ1n) is 6.73. The molecule has 0 spiro atoms. The molecule has 0 radical (unpaired) electrons. The van der Waals surface area contributed by atoms with Gasteiger partial charge in [-0.1, -0.05) is 6.42 Å². The van der Waals surface area contributed by atoms with Gasteiger partial charge in [0.05, 0.1) is 6.61 Å². The zero-order valence-corrected chi connectivity index (χ0v) is 10.5. The molecule has 3 heteroatoms. The molecule has 94 valence electrons. The molecular weight excluding hydrogens is 202 g/mol. The molecule has 0 aromatic rings. The van der Waals surface area contributed by atoms with E-state index >= 15 is 0 Å². The fraction of sp³-hybridized carbons (Fsp3) is 1.00. The van der Waals surface area contributed by atoms with E-state index in [0.29, 0.717) is 11.5 Å². The summed E-state index contributed by atoms with van der Waals surface area (Å²) < 4.78 is 10.9. The van der Waals surface area contributed by atoms with Crippen LogP contribution < -0.4 is 5.32 Å². The van der Waals surface area contributed by atoms with Crippen molar-refractivity contribution in [2.45, 2.75) is 45.1 Å². The number of nitrogens with one attached hydrogen (secondary N) is 1. The maximum atomic E-state index is 5.48. The lowest BCUT2D eigenvalue weighted by Gasteiger charge is -2.43. The van der Waals surface area contributed by atoms with Gasteiger partial charge in [-0.3, -0.25) is 0 Å². The Hall–Kier alpha value is -0.120. The standard InChI is InChI=1S/C13H25NO2/c1-2-15-9-7-13(5-3-6-13)11-14-12-4-8-16-10-12/h12,14H,2-11H2,1H3. The highest BCUT2D eigenvalue weighted by atomic mass is 16.5. The summed E-state index contributed by atoms with van der Waals surface area (Å²) in [4.78, 5) is 0. The third-order valence-corrected chi connectivity index (χ3v) is 4.09. The van der Waals surface area contributed by atoms with Gasteiger partial charge in [-0.15, -0.1) is 0 Å². The molecule has 2 rings (SSSR count). The lowest BCUT2D eigenvalue weighted by atomic mass is 9.66. The van der Waals surface area contributed by atoms with Crippen molar-refractivity contribution in [2.24, 2.45) is 5.41 Å². The Kier molecular flexibility index (Phi) is 4.62. The normalized spacial score (nSPS) is 27.9. The Balaban J connectivity index is 1.67. The van der Waals surface area contributed by atoms with Gasteiger partial charge in [0.25, 0.3) is 0 Å². The van der Waals surface area contributed by atoms with E-state index in [0.717, 1.165) is 33.0 Å². The maximum Gasteiger partial charge on any atom is 0.0620 e. The topological polar surface area (TPSA) is 30.5 Å². The van der Waals surface area contributed by atoms with Crippen LogP contribution in [0.25, 0.3) is 0 Å². The van der Waals surface area contributed by atoms with E-state index in [1.54, 1.807) is 0 Å². The molecule has 1 saturated carbocycles. The Bertz CT molecular complexity index is 198. The predicted octanol–water partition coefficient (Wildman–Crippen LogP) is 1.96. The summed E-state index contributed by atoms with van der Waals surface area (Å²) in [5.74, 6) is 0. The average Bonchev–Trinajstić information content (AvgIpc) is 2.73. The highest BCUT2D eigenvalue weighted by Gasteiger charge is 2.36. The van der Waals surface area contributed by atoms with Crippen molar-refractivity contribution in [3.63, 3.8) is 0 Å². The van der Waals surface area contributed by atoms with Crippen LogP contribution in [-0.2, 0) is 9.47 Å². The van der Waals surface area contributed by atoms with Crippen LogP contribution >= 0.6 is 0 Å². The van der Waals surface area contributed by atoms with Crippen LogP contribution in [0.3, 0.4) is 0 Å². The second-order valence-corrected chi connectivity index (χ2v) is 5.24. The summed E-state index contributed by atoms with van der Waals surface area (Å²) in [5.41, 5.74) is 0.539. The van der Waals surface area contributed by atoms with Crippen molar-refractivity contribution in [1.82, 2.24) is 5.32 Å². The molecule has 2 fully saturated rings. The van der Waals surface area contributed by atoms with Gasteiger partial charge in [-0.25, -0.2) is 0 Å². The van der Waals surface area contributed by atoms with E-state index in [1.807, 2.05) is 0 Å². The van der Waals surface area contributed by atoms with Crippen LogP contribution in [0.1, 0.15) is 39.0 Å². The van der Waals surface area contributed by atoms with Crippen LogP contribution in [0.15, 0.2) is 0 Å². The predicted molar refractivity (Wildman–Crippen MR) is 64.6 cm³/mol. The fourth-order valence-electron chi connectivity index (χ4n) is 2.68. The molecule has 1 aliphatic carbocycles. The Labute approximate surface area is 98.9 Å². The van der Waals surface area contributed by atoms with Crippen molar-refractivity contribution >= 4 is 0 Å². The molecule has 0 aromatic carbocycles. The molecule has 0 amide bonds. The molecule has 1 N–H and O–H groups in total. The Morgan fingerprint density at radius 2 is 2.31 bits per heavy atom. The van der Waals surface area contributed by atoms with Gasteiger partial charge < -0.3 is 14.8 Å². The molecule has 0 aromatic heterocycles. The van der Waals surface area contributed by atoms with E-state index in [2.05, 4.69) is 12.2 Å². The Morgan fingerprint density at radius 3 is 2.88 bits per heavy atom. The van der Waals surface area contributed by atoms with Crippen LogP contribution in [0, 0.1) is 5.41 Å². The quantitative estimate of drug-likeness (QED) is 0.674. The lowest BCUT2D eigenvalue weighted by Crippen LogP contribution is -2.44. The third-order valence-electron chi connectivity index (χ3n) is 4.09. The smallest absolute Gasteiger partial charge is 0.0620 e. The monoisotopic (exact) mass is 227 g/mol. The largest absolute Gasteiger partial charge is 0.382 e. The summed E-state index contributed by atoms with van der Waals surface area (Å²) in [5, 5.41) is 3.67. The minimum absolute atomic E-state index is 0.539. The molecular formula is C13H25NO2. The Morgan fingerprint density at radius 1 is 1.44 bits per heavy atom. The molecule has 1 atom stereocenters. The lowest BCUT2D eigenvalue weighted by molar-refractivity contribution is 0.0514. The zero-order valence-electron chi connectivity index (χ0n) is 10.5. The van der Waals surface area contributed by atoms with E-state index in [1.165, 1.54) is 32.1 Å². The van der Waals surface area contributed by atoms with E-state index in [9.17, 15) is 0 Å². The number of ether oxygens (including phenoxy) is 2. The van der Waals surface area contributed by atoms with Crippen LogP contribution in [-0.4, -0.2) is 39.0 Å². The minimum atomic E-state index is 0.539. The van der Waals surface area contributed by atoms with E-state index in [-0.39, 0.29) is 0 Å². The van der Waals surface area contributed by atoms with Gasteiger partial charge in [-0.05, 0) is 38.0 Å². The van der Waals surface area contributed by atoms with Gasteiger partial charge >= 0.3 is 0 Å². The first-order chi connectivity index (χ1) is 7.85. The van der Waals surface area contributed by atoms with E-state index < -0.39 is 0 Å². The molecule has 1 saturated heterocycles.